The summed E-state index contributed by atoms with van der Waals surface area (Å²) >= 11 is 7.89. The lowest BCUT2D eigenvalue weighted by atomic mass is 10.2. The van der Waals surface area contributed by atoms with E-state index in [1.807, 2.05) is 47.4 Å². The predicted octanol–water partition coefficient (Wildman–Crippen LogP) is 4.07. The van der Waals surface area contributed by atoms with Gasteiger partial charge in [-0.25, -0.2) is 4.98 Å². The Morgan fingerprint density at radius 1 is 1.14 bits per heavy atom. The summed E-state index contributed by atoms with van der Waals surface area (Å²) in [5, 5.41) is 1.57. The molecule has 6 nitrogen and oxygen atoms in total. The molecule has 2 aromatic carbocycles. The SMILES string of the molecule is COc1ccc(Cl)c2sc(N3CCN(C(=O)C(C)Oc4ccccc4)CC3)nc12. The number of aromatic nitrogens is 1. The Labute approximate surface area is 178 Å². The van der Waals surface area contributed by atoms with Gasteiger partial charge in [0.25, 0.3) is 5.91 Å². The zero-order chi connectivity index (χ0) is 20.4. The molecule has 152 valence electrons. The summed E-state index contributed by atoms with van der Waals surface area (Å²) < 4.78 is 12.1. The van der Waals surface area contributed by atoms with Crippen molar-refractivity contribution in [2.75, 3.05) is 38.2 Å². The lowest BCUT2D eigenvalue weighted by Gasteiger charge is -2.35. The molecule has 1 unspecified atom stereocenters. The third kappa shape index (κ3) is 4.11. The highest BCUT2D eigenvalue weighted by molar-refractivity contribution is 7.22. The van der Waals surface area contributed by atoms with Crippen LogP contribution in [0.1, 0.15) is 6.92 Å². The fourth-order valence-electron chi connectivity index (χ4n) is 3.37. The monoisotopic (exact) mass is 431 g/mol. The predicted molar refractivity (Wildman–Crippen MR) is 117 cm³/mol. The lowest BCUT2D eigenvalue weighted by Crippen LogP contribution is -2.52. The maximum absolute atomic E-state index is 12.8. The van der Waals surface area contributed by atoms with Crippen LogP contribution in [0, 0.1) is 0 Å². The highest BCUT2D eigenvalue weighted by Gasteiger charge is 2.27. The first kappa shape index (κ1) is 19.8. The van der Waals surface area contributed by atoms with Crippen LogP contribution in [0.5, 0.6) is 11.5 Å². The second-order valence-corrected chi connectivity index (χ2v) is 8.19. The van der Waals surface area contributed by atoms with Crippen molar-refractivity contribution in [1.29, 1.82) is 0 Å². The van der Waals surface area contributed by atoms with E-state index in [0.717, 1.165) is 15.3 Å². The molecule has 0 radical (unpaired) electrons. The number of hydrogen-bond acceptors (Lipinski definition) is 6. The average molecular weight is 432 g/mol. The molecule has 1 fully saturated rings. The van der Waals surface area contributed by atoms with Gasteiger partial charge in [-0.2, -0.15) is 0 Å². The van der Waals surface area contributed by atoms with Crippen molar-refractivity contribution in [3.8, 4) is 11.5 Å². The van der Waals surface area contributed by atoms with Crippen LogP contribution in [-0.4, -0.2) is 55.2 Å². The number of nitrogens with zero attached hydrogens (tertiary/aromatic N) is 3. The molecule has 1 aliphatic heterocycles. The summed E-state index contributed by atoms with van der Waals surface area (Å²) in [5.74, 6) is 1.42. The van der Waals surface area contributed by atoms with E-state index in [9.17, 15) is 4.79 Å². The van der Waals surface area contributed by atoms with Gasteiger partial charge < -0.3 is 19.3 Å². The molecule has 1 amide bonds. The zero-order valence-corrected chi connectivity index (χ0v) is 17.9. The van der Waals surface area contributed by atoms with Crippen LogP contribution in [0.3, 0.4) is 0 Å². The molecule has 0 aliphatic carbocycles. The van der Waals surface area contributed by atoms with E-state index in [0.29, 0.717) is 42.7 Å². The number of amides is 1. The van der Waals surface area contributed by atoms with E-state index in [1.54, 1.807) is 25.4 Å². The number of anilines is 1. The molecule has 2 heterocycles. The molecular weight excluding hydrogens is 410 g/mol. The number of ether oxygens (including phenoxy) is 2. The number of piperazine rings is 1. The second kappa shape index (κ2) is 8.47. The molecule has 3 aromatic rings. The first-order valence-electron chi connectivity index (χ1n) is 9.45. The Hall–Kier alpha value is -2.51. The van der Waals surface area contributed by atoms with Gasteiger partial charge in [0.05, 0.1) is 16.8 Å². The van der Waals surface area contributed by atoms with Crippen molar-refractivity contribution in [3.05, 3.63) is 47.5 Å². The fraction of sp³-hybridized carbons (Fsp3) is 0.333. The smallest absolute Gasteiger partial charge is 0.263 e. The Bertz CT molecular complexity index is 1000. The van der Waals surface area contributed by atoms with Crippen LogP contribution < -0.4 is 14.4 Å². The minimum Gasteiger partial charge on any atom is -0.494 e. The quantitative estimate of drug-likeness (QED) is 0.609. The maximum Gasteiger partial charge on any atom is 0.263 e. The number of halogens is 1. The number of rotatable bonds is 5. The third-order valence-electron chi connectivity index (χ3n) is 4.93. The Morgan fingerprint density at radius 3 is 2.55 bits per heavy atom. The molecular formula is C21H22ClN3O3S. The minimum atomic E-state index is -0.519. The highest BCUT2D eigenvalue weighted by atomic mass is 35.5. The number of thiazole rings is 1. The van der Waals surface area contributed by atoms with Gasteiger partial charge in [-0.05, 0) is 31.2 Å². The molecule has 8 heteroatoms. The zero-order valence-electron chi connectivity index (χ0n) is 16.3. The standard InChI is InChI=1S/C21H22ClN3O3S/c1-14(28-15-6-4-3-5-7-15)20(26)24-10-12-25(13-11-24)21-23-18-17(27-2)9-8-16(22)19(18)29-21/h3-9,14H,10-13H2,1-2H3. The van der Waals surface area contributed by atoms with Crippen LogP contribution in [-0.2, 0) is 4.79 Å². The first-order chi connectivity index (χ1) is 14.1. The number of carbonyl (C=O) groups excluding carboxylic acids is 1. The Balaban J connectivity index is 1.41. The van der Waals surface area contributed by atoms with E-state index in [1.165, 1.54) is 0 Å². The summed E-state index contributed by atoms with van der Waals surface area (Å²) in [4.78, 5) is 21.5. The highest BCUT2D eigenvalue weighted by Crippen LogP contribution is 2.38. The minimum absolute atomic E-state index is 0.00233. The van der Waals surface area contributed by atoms with Crippen molar-refractivity contribution < 1.29 is 14.3 Å². The van der Waals surface area contributed by atoms with Crippen LogP contribution >= 0.6 is 22.9 Å². The summed E-state index contributed by atoms with van der Waals surface area (Å²) in [5.41, 5.74) is 0.781. The van der Waals surface area contributed by atoms with Gasteiger partial charge in [0, 0.05) is 26.2 Å². The number of fused-ring (bicyclic) bond motifs is 1. The average Bonchev–Trinajstić information content (AvgIpc) is 3.21. The molecule has 1 aliphatic rings. The number of hydrogen-bond donors (Lipinski definition) is 0. The number of methoxy groups -OCH3 is 1. The van der Waals surface area contributed by atoms with Crippen LogP contribution in [0.4, 0.5) is 5.13 Å². The van der Waals surface area contributed by atoms with Gasteiger partial charge in [-0.15, -0.1) is 0 Å². The van der Waals surface area contributed by atoms with E-state index >= 15 is 0 Å². The number of para-hydroxylation sites is 1. The Morgan fingerprint density at radius 2 is 1.86 bits per heavy atom. The molecule has 29 heavy (non-hydrogen) atoms. The van der Waals surface area contributed by atoms with Gasteiger partial charge in [-0.3, -0.25) is 4.79 Å². The van der Waals surface area contributed by atoms with Crippen LogP contribution in [0.25, 0.3) is 10.2 Å². The summed E-state index contributed by atoms with van der Waals surface area (Å²) in [7, 11) is 1.63. The molecule has 0 spiro atoms. The topological polar surface area (TPSA) is 54.9 Å². The van der Waals surface area contributed by atoms with Gasteiger partial charge in [0.15, 0.2) is 11.2 Å². The normalized spacial score (nSPS) is 15.4. The van der Waals surface area contributed by atoms with E-state index in [2.05, 4.69) is 4.90 Å². The molecule has 0 saturated carbocycles. The lowest BCUT2D eigenvalue weighted by molar-refractivity contribution is -0.138. The van der Waals surface area contributed by atoms with Crippen LogP contribution in [0.2, 0.25) is 5.02 Å². The van der Waals surface area contributed by atoms with Crippen molar-refractivity contribution in [2.45, 2.75) is 13.0 Å². The van der Waals surface area contributed by atoms with E-state index < -0.39 is 6.10 Å². The van der Waals surface area contributed by atoms with Crippen molar-refractivity contribution in [1.82, 2.24) is 9.88 Å². The molecule has 0 bridgehead atoms. The second-order valence-electron chi connectivity index (χ2n) is 6.81. The first-order valence-corrected chi connectivity index (χ1v) is 10.6. The molecule has 1 atom stereocenters. The van der Waals surface area contributed by atoms with Crippen molar-refractivity contribution in [3.63, 3.8) is 0 Å². The summed E-state index contributed by atoms with van der Waals surface area (Å²) in [6.45, 7) is 4.47. The van der Waals surface area contributed by atoms with E-state index in [4.69, 9.17) is 26.1 Å². The van der Waals surface area contributed by atoms with Gasteiger partial charge >= 0.3 is 0 Å². The van der Waals surface area contributed by atoms with E-state index in [-0.39, 0.29) is 5.91 Å². The largest absolute Gasteiger partial charge is 0.494 e. The Kier molecular flexibility index (Phi) is 5.78. The maximum atomic E-state index is 12.8. The van der Waals surface area contributed by atoms with Crippen molar-refractivity contribution in [2.24, 2.45) is 0 Å². The summed E-state index contributed by atoms with van der Waals surface area (Å²) in [6, 6.07) is 13.1. The number of carbonyl (C=O) groups is 1. The van der Waals surface area contributed by atoms with Gasteiger partial charge in [-0.1, -0.05) is 41.1 Å². The summed E-state index contributed by atoms with van der Waals surface area (Å²) in [6.07, 6.45) is -0.519. The molecule has 4 rings (SSSR count). The number of benzene rings is 2. The van der Waals surface area contributed by atoms with Gasteiger partial charge in [0.1, 0.15) is 17.0 Å². The molecule has 1 saturated heterocycles. The van der Waals surface area contributed by atoms with Crippen LogP contribution in [0.15, 0.2) is 42.5 Å². The van der Waals surface area contributed by atoms with Gasteiger partial charge in [0.2, 0.25) is 0 Å². The van der Waals surface area contributed by atoms with Crippen molar-refractivity contribution >= 4 is 44.2 Å². The third-order valence-corrected chi connectivity index (χ3v) is 6.51. The molecule has 0 N–H and O–H groups in total. The molecule has 1 aromatic heterocycles. The fourth-order valence-corrected chi connectivity index (χ4v) is 4.68.